The van der Waals surface area contributed by atoms with Crippen molar-refractivity contribution in [2.75, 3.05) is 6.54 Å². The number of benzene rings is 1. The van der Waals surface area contributed by atoms with Crippen LogP contribution in [0.5, 0.6) is 0 Å². The molecule has 2 rings (SSSR count). The zero-order chi connectivity index (χ0) is 14.0. The summed E-state index contributed by atoms with van der Waals surface area (Å²) in [7, 11) is 0. The van der Waals surface area contributed by atoms with Crippen molar-refractivity contribution in [1.29, 1.82) is 0 Å². The van der Waals surface area contributed by atoms with E-state index in [0.29, 0.717) is 22.5 Å². The molecule has 0 saturated heterocycles. The number of imidazole rings is 1. The number of halogens is 2. The van der Waals surface area contributed by atoms with Gasteiger partial charge in [-0.3, -0.25) is 0 Å². The Labute approximate surface area is 123 Å². The van der Waals surface area contributed by atoms with Crippen LogP contribution in [-0.2, 0) is 0 Å². The number of nitrogens with one attached hydrogen (secondary N) is 1. The van der Waals surface area contributed by atoms with Gasteiger partial charge in [-0.05, 0) is 24.1 Å². The second kappa shape index (κ2) is 5.95. The van der Waals surface area contributed by atoms with E-state index in [-0.39, 0.29) is 5.92 Å². The Bertz CT molecular complexity index is 564. The van der Waals surface area contributed by atoms with Crippen LogP contribution in [0.4, 0.5) is 0 Å². The predicted molar refractivity (Wildman–Crippen MR) is 80.7 cm³/mol. The molecule has 1 unspecified atom stereocenters. The Morgan fingerprint density at radius 3 is 2.68 bits per heavy atom. The number of H-pyrrole nitrogens is 1. The van der Waals surface area contributed by atoms with E-state index in [1.807, 2.05) is 6.07 Å². The molecule has 1 atom stereocenters. The van der Waals surface area contributed by atoms with E-state index in [2.05, 4.69) is 23.8 Å². The van der Waals surface area contributed by atoms with Crippen LogP contribution in [0.1, 0.15) is 25.6 Å². The molecule has 2 aromatic rings. The van der Waals surface area contributed by atoms with Crippen LogP contribution >= 0.6 is 23.2 Å². The van der Waals surface area contributed by atoms with Gasteiger partial charge in [0.25, 0.3) is 0 Å². The summed E-state index contributed by atoms with van der Waals surface area (Å²) in [4.78, 5) is 7.71. The zero-order valence-corrected chi connectivity index (χ0v) is 12.5. The van der Waals surface area contributed by atoms with Gasteiger partial charge in [0.1, 0.15) is 5.82 Å². The molecule has 1 aromatic carbocycles. The molecule has 0 radical (unpaired) electrons. The molecular weight excluding hydrogens is 281 g/mol. The average Bonchev–Trinajstić information content (AvgIpc) is 2.82. The highest BCUT2D eigenvalue weighted by Crippen LogP contribution is 2.31. The highest BCUT2D eigenvalue weighted by atomic mass is 35.5. The van der Waals surface area contributed by atoms with Crippen LogP contribution in [-0.4, -0.2) is 16.5 Å². The van der Waals surface area contributed by atoms with Crippen molar-refractivity contribution >= 4 is 23.2 Å². The Balaban J connectivity index is 2.38. The maximum absolute atomic E-state index is 6.18. The first-order valence-electron chi connectivity index (χ1n) is 6.23. The number of nitrogens with zero attached hydrogens (tertiary/aromatic N) is 1. The number of rotatable bonds is 4. The number of nitrogens with two attached hydrogens (primary N) is 1. The van der Waals surface area contributed by atoms with Crippen LogP contribution < -0.4 is 5.73 Å². The van der Waals surface area contributed by atoms with Crippen LogP contribution in [0.2, 0.25) is 10.0 Å². The maximum atomic E-state index is 6.18. The fourth-order valence-electron chi connectivity index (χ4n) is 2.07. The molecular formula is C14H17Cl2N3. The minimum Gasteiger partial charge on any atom is -0.342 e. The molecule has 0 spiro atoms. The van der Waals surface area contributed by atoms with Crippen LogP contribution in [0.3, 0.4) is 0 Å². The third kappa shape index (κ3) is 3.11. The molecule has 102 valence electrons. The van der Waals surface area contributed by atoms with E-state index in [9.17, 15) is 0 Å². The summed E-state index contributed by atoms with van der Waals surface area (Å²) in [6.07, 6.45) is 1.78. The summed E-state index contributed by atoms with van der Waals surface area (Å²) in [6.45, 7) is 4.83. The fraction of sp³-hybridized carbons (Fsp3) is 0.357. The van der Waals surface area contributed by atoms with Crippen molar-refractivity contribution < 1.29 is 0 Å². The van der Waals surface area contributed by atoms with E-state index in [1.54, 1.807) is 18.3 Å². The molecule has 0 aliphatic carbocycles. The largest absolute Gasteiger partial charge is 0.342 e. The van der Waals surface area contributed by atoms with Crippen LogP contribution in [0.15, 0.2) is 24.4 Å². The summed E-state index contributed by atoms with van der Waals surface area (Å²) < 4.78 is 0. The summed E-state index contributed by atoms with van der Waals surface area (Å²) >= 11 is 12.2. The first-order chi connectivity index (χ1) is 9.02. The lowest BCUT2D eigenvalue weighted by atomic mass is 9.95. The third-order valence-electron chi connectivity index (χ3n) is 3.22. The van der Waals surface area contributed by atoms with Crippen molar-refractivity contribution in [3.8, 4) is 11.3 Å². The van der Waals surface area contributed by atoms with E-state index in [0.717, 1.165) is 17.1 Å². The molecule has 0 aliphatic heterocycles. The summed E-state index contributed by atoms with van der Waals surface area (Å²) in [5.41, 5.74) is 7.52. The second-order valence-electron chi connectivity index (χ2n) is 4.89. The summed E-state index contributed by atoms with van der Waals surface area (Å²) in [5, 5.41) is 1.29. The van der Waals surface area contributed by atoms with Crippen LogP contribution in [0.25, 0.3) is 11.3 Å². The molecule has 0 amide bonds. The lowest BCUT2D eigenvalue weighted by Crippen LogP contribution is -2.19. The zero-order valence-electron chi connectivity index (χ0n) is 11.0. The smallest absolute Gasteiger partial charge is 0.111 e. The molecule has 1 aromatic heterocycles. The van der Waals surface area contributed by atoms with Gasteiger partial charge in [-0.1, -0.05) is 37.0 Å². The van der Waals surface area contributed by atoms with Gasteiger partial charge >= 0.3 is 0 Å². The fourth-order valence-corrected chi connectivity index (χ4v) is 2.46. The monoisotopic (exact) mass is 297 g/mol. The molecule has 0 fully saturated rings. The minimum absolute atomic E-state index is 0.215. The van der Waals surface area contributed by atoms with Gasteiger partial charge < -0.3 is 10.7 Å². The summed E-state index contributed by atoms with van der Waals surface area (Å²) in [6, 6.07) is 5.37. The van der Waals surface area contributed by atoms with E-state index >= 15 is 0 Å². The number of aromatic amines is 1. The number of hydrogen-bond acceptors (Lipinski definition) is 2. The van der Waals surface area contributed by atoms with E-state index in [4.69, 9.17) is 28.9 Å². The minimum atomic E-state index is 0.215. The van der Waals surface area contributed by atoms with Crippen molar-refractivity contribution in [3.05, 3.63) is 40.3 Å². The first-order valence-corrected chi connectivity index (χ1v) is 6.99. The lowest BCUT2D eigenvalue weighted by Gasteiger charge is -2.15. The maximum Gasteiger partial charge on any atom is 0.111 e. The Kier molecular flexibility index (Phi) is 4.50. The lowest BCUT2D eigenvalue weighted by molar-refractivity contribution is 0.487. The third-order valence-corrected chi connectivity index (χ3v) is 3.79. The van der Waals surface area contributed by atoms with E-state index in [1.165, 1.54) is 0 Å². The quantitative estimate of drug-likeness (QED) is 0.893. The van der Waals surface area contributed by atoms with Gasteiger partial charge in [-0.15, -0.1) is 0 Å². The molecule has 0 aliphatic rings. The van der Waals surface area contributed by atoms with Gasteiger partial charge in [0.15, 0.2) is 0 Å². The molecule has 3 N–H and O–H groups in total. The highest BCUT2D eigenvalue weighted by Gasteiger charge is 2.18. The highest BCUT2D eigenvalue weighted by molar-refractivity contribution is 6.35. The van der Waals surface area contributed by atoms with Crippen molar-refractivity contribution in [2.24, 2.45) is 11.7 Å². The standard InChI is InChI=1S/C14H17Cl2N3/c1-8(2)11(6-17)14-18-7-13(19-14)10-5-9(15)3-4-12(10)16/h3-5,7-8,11H,6,17H2,1-2H3,(H,18,19). The van der Waals surface area contributed by atoms with Gasteiger partial charge in [0.2, 0.25) is 0 Å². The summed E-state index contributed by atoms with van der Waals surface area (Å²) in [5.74, 6) is 1.54. The SMILES string of the molecule is CC(C)C(CN)c1ncc(-c2cc(Cl)ccc2Cl)[nH]1. The molecule has 5 heteroatoms. The van der Waals surface area contributed by atoms with Gasteiger partial charge in [0, 0.05) is 23.0 Å². The number of aromatic nitrogens is 2. The normalized spacial score (nSPS) is 12.9. The Morgan fingerprint density at radius 2 is 2.05 bits per heavy atom. The van der Waals surface area contributed by atoms with Crippen molar-refractivity contribution in [3.63, 3.8) is 0 Å². The molecule has 0 saturated carbocycles. The van der Waals surface area contributed by atoms with Gasteiger partial charge in [0.05, 0.1) is 16.9 Å². The Hall–Kier alpha value is -1.03. The van der Waals surface area contributed by atoms with Crippen molar-refractivity contribution in [1.82, 2.24) is 9.97 Å². The van der Waals surface area contributed by atoms with Crippen molar-refractivity contribution in [2.45, 2.75) is 19.8 Å². The molecule has 1 heterocycles. The average molecular weight is 298 g/mol. The predicted octanol–water partition coefficient (Wildman–Crippen LogP) is 4.08. The van der Waals surface area contributed by atoms with Crippen LogP contribution in [0, 0.1) is 5.92 Å². The topological polar surface area (TPSA) is 54.7 Å². The second-order valence-corrected chi connectivity index (χ2v) is 5.74. The molecule has 3 nitrogen and oxygen atoms in total. The Morgan fingerprint density at radius 1 is 1.32 bits per heavy atom. The number of hydrogen-bond donors (Lipinski definition) is 2. The van der Waals surface area contributed by atoms with Gasteiger partial charge in [-0.25, -0.2) is 4.98 Å². The van der Waals surface area contributed by atoms with Gasteiger partial charge in [-0.2, -0.15) is 0 Å². The molecule has 0 bridgehead atoms. The van der Waals surface area contributed by atoms with E-state index < -0.39 is 0 Å². The molecule has 19 heavy (non-hydrogen) atoms. The first kappa shape index (κ1) is 14.4.